The Kier molecular flexibility index (Phi) is 3.91. The van der Waals surface area contributed by atoms with Gasteiger partial charge in [-0.3, -0.25) is 0 Å². The van der Waals surface area contributed by atoms with Gasteiger partial charge in [0.15, 0.2) is 0 Å². The molecule has 0 aliphatic carbocycles. The highest BCUT2D eigenvalue weighted by molar-refractivity contribution is 7.98. The summed E-state index contributed by atoms with van der Waals surface area (Å²) in [7, 11) is 0. The largest absolute Gasteiger partial charge is 0.338 e. The lowest BCUT2D eigenvalue weighted by Crippen LogP contribution is -1.93. The molecule has 4 aromatic rings. The van der Waals surface area contributed by atoms with Gasteiger partial charge in [0, 0.05) is 0 Å². The van der Waals surface area contributed by atoms with Gasteiger partial charge < -0.3 is 4.52 Å². The molecule has 114 valence electrons. The van der Waals surface area contributed by atoms with Crippen molar-refractivity contribution in [3.63, 3.8) is 0 Å². The Balaban J connectivity index is 1.43. The lowest BCUT2D eigenvalue weighted by molar-refractivity contribution is 0.391. The molecule has 0 saturated carbocycles. The monoisotopic (exact) mass is 341 g/mol. The first-order valence-electron chi connectivity index (χ1n) is 6.85. The summed E-state index contributed by atoms with van der Waals surface area (Å²) >= 11 is 3.05. The van der Waals surface area contributed by atoms with E-state index in [2.05, 4.69) is 20.2 Å². The van der Waals surface area contributed by atoms with Crippen molar-refractivity contribution in [3.05, 3.63) is 60.1 Å². The van der Waals surface area contributed by atoms with Crippen molar-refractivity contribution in [2.24, 2.45) is 0 Å². The summed E-state index contributed by atoms with van der Waals surface area (Å²) in [6.45, 7) is 0. The number of para-hydroxylation sites is 1. The van der Waals surface area contributed by atoms with E-state index in [4.69, 9.17) is 4.52 Å². The van der Waals surface area contributed by atoms with E-state index in [9.17, 15) is 0 Å². The molecular formula is C15H11N5OS2. The number of aromatic nitrogens is 5. The van der Waals surface area contributed by atoms with Crippen LogP contribution in [0, 0.1) is 0 Å². The SMILES string of the molecule is c1ccc(-n2cnc(SCc3nc(-c4cccs4)no3)n2)cc1. The maximum atomic E-state index is 5.26. The van der Waals surface area contributed by atoms with Gasteiger partial charge in [-0.15, -0.1) is 16.4 Å². The summed E-state index contributed by atoms with van der Waals surface area (Å²) in [5, 5.41) is 11.1. The molecule has 0 saturated heterocycles. The van der Waals surface area contributed by atoms with E-state index in [-0.39, 0.29) is 0 Å². The van der Waals surface area contributed by atoms with Crippen molar-refractivity contribution in [3.8, 4) is 16.4 Å². The van der Waals surface area contributed by atoms with Gasteiger partial charge in [0.2, 0.25) is 16.9 Å². The Morgan fingerprint density at radius 2 is 2.04 bits per heavy atom. The van der Waals surface area contributed by atoms with E-state index in [1.807, 2.05) is 47.8 Å². The van der Waals surface area contributed by atoms with Crippen LogP contribution in [0.2, 0.25) is 0 Å². The zero-order valence-electron chi connectivity index (χ0n) is 11.9. The van der Waals surface area contributed by atoms with Gasteiger partial charge in [-0.1, -0.05) is 41.2 Å². The van der Waals surface area contributed by atoms with Crippen LogP contribution in [0.15, 0.2) is 63.9 Å². The average Bonchev–Trinajstić information content (AvgIpc) is 3.33. The molecule has 8 heteroatoms. The number of rotatable bonds is 5. The normalized spacial score (nSPS) is 11.0. The van der Waals surface area contributed by atoms with Crippen LogP contribution in [0.25, 0.3) is 16.4 Å². The molecule has 0 atom stereocenters. The van der Waals surface area contributed by atoms with Gasteiger partial charge >= 0.3 is 0 Å². The van der Waals surface area contributed by atoms with E-state index >= 15 is 0 Å². The summed E-state index contributed by atoms with van der Waals surface area (Å²) in [5.74, 6) is 1.73. The Bertz CT molecular complexity index is 886. The highest BCUT2D eigenvalue weighted by Crippen LogP contribution is 2.24. The number of hydrogen-bond acceptors (Lipinski definition) is 7. The molecule has 0 fully saturated rings. The summed E-state index contributed by atoms with van der Waals surface area (Å²) in [6, 6.07) is 13.8. The van der Waals surface area contributed by atoms with E-state index in [1.165, 1.54) is 11.8 Å². The zero-order chi connectivity index (χ0) is 15.5. The summed E-state index contributed by atoms with van der Waals surface area (Å²) < 4.78 is 7.01. The molecule has 3 heterocycles. The maximum absolute atomic E-state index is 5.26. The highest BCUT2D eigenvalue weighted by Gasteiger charge is 2.11. The minimum atomic E-state index is 0.539. The molecule has 1 aromatic carbocycles. The standard InChI is InChI=1S/C15H11N5OS2/c1-2-5-11(6-3-1)20-10-16-15(18-20)23-9-13-17-14(19-21-13)12-7-4-8-22-12/h1-8,10H,9H2. The van der Waals surface area contributed by atoms with Gasteiger partial charge in [-0.25, -0.2) is 9.67 Å². The van der Waals surface area contributed by atoms with Gasteiger partial charge in [0.1, 0.15) is 6.33 Å². The third-order valence-corrected chi connectivity index (χ3v) is 4.73. The van der Waals surface area contributed by atoms with Crippen LogP contribution in [0.5, 0.6) is 0 Å². The van der Waals surface area contributed by atoms with Gasteiger partial charge in [-0.2, -0.15) is 4.98 Å². The first-order chi connectivity index (χ1) is 11.4. The molecule has 23 heavy (non-hydrogen) atoms. The van der Waals surface area contributed by atoms with Crippen molar-refractivity contribution < 1.29 is 4.52 Å². The number of hydrogen-bond donors (Lipinski definition) is 0. The molecule has 4 rings (SSSR count). The number of benzene rings is 1. The Hall–Kier alpha value is -2.45. The van der Waals surface area contributed by atoms with E-state index in [0.717, 1.165) is 10.6 Å². The third-order valence-electron chi connectivity index (χ3n) is 3.03. The van der Waals surface area contributed by atoms with Gasteiger partial charge in [0.05, 0.1) is 16.3 Å². The molecular weight excluding hydrogens is 330 g/mol. The summed E-state index contributed by atoms with van der Waals surface area (Å²) in [4.78, 5) is 9.67. The second-order valence-corrected chi connectivity index (χ2v) is 6.48. The van der Waals surface area contributed by atoms with Crippen molar-refractivity contribution in [2.45, 2.75) is 10.9 Å². The van der Waals surface area contributed by atoms with Crippen molar-refractivity contribution in [1.82, 2.24) is 24.9 Å². The molecule has 0 aliphatic rings. The van der Waals surface area contributed by atoms with Crippen LogP contribution in [-0.2, 0) is 5.75 Å². The topological polar surface area (TPSA) is 69.6 Å². The molecule has 3 aromatic heterocycles. The minimum Gasteiger partial charge on any atom is -0.338 e. The van der Waals surface area contributed by atoms with Gasteiger partial charge in [-0.05, 0) is 23.6 Å². The highest BCUT2D eigenvalue weighted by atomic mass is 32.2. The van der Waals surface area contributed by atoms with Crippen LogP contribution in [0.3, 0.4) is 0 Å². The lowest BCUT2D eigenvalue weighted by atomic mass is 10.3. The summed E-state index contributed by atoms with van der Waals surface area (Å²) in [5.41, 5.74) is 0.977. The number of nitrogens with zero attached hydrogens (tertiary/aromatic N) is 5. The molecule has 0 radical (unpaired) electrons. The van der Waals surface area contributed by atoms with Crippen molar-refractivity contribution in [1.29, 1.82) is 0 Å². The molecule has 0 aliphatic heterocycles. The molecule has 0 unspecified atom stereocenters. The molecule has 0 amide bonds. The predicted octanol–water partition coefficient (Wildman–Crippen LogP) is 3.67. The summed E-state index contributed by atoms with van der Waals surface area (Å²) in [6.07, 6.45) is 1.70. The van der Waals surface area contributed by atoms with Crippen LogP contribution in [-0.4, -0.2) is 24.9 Å². The Morgan fingerprint density at radius 1 is 1.13 bits per heavy atom. The first-order valence-corrected chi connectivity index (χ1v) is 8.71. The van der Waals surface area contributed by atoms with E-state index in [0.29, 0.717) is 22.6 Å². The molecule has 0 spiro atoms. The fourth-order valence-corrected chi connectivity index (χ4v) is 3.25. The van der Waals surface area contributed by atoms with Gasteiger partial charge in [0.25, 0.3) is 0 Å². The second kappa shape index (κ2) is 6.35. The molecule has 6 nitrogen and oxygen atoms in total. The van der Waals surface area contributed by atoms with Crippen LogP contribution in [0.1, 0.15) is 5.89 Å². The number of thioether (sulfide) groups is 1. The molecule has 0 N–H and O–H groups in total. The third kappa shape index (κ3) is 3.17. The Labute approximate surface area is 140 Å². The lowest BCUT2D eigenvalue weighted by Gasteiger charge is -1.97. The predicted molar refractivity (Wildman–Crippen MR) is 88.5 cm³/mol. The van der Waals surface area contributed by atoms with Crippen molar-refractivity contribution in [2.75, 3.05) is 0 Å². The fourth-order valence-electron chi connectivity index (χ4n) is 1.96. The first kappa shape index (κ1) is 14.2. The smallest absolute Gasteiger partial charge is 0.237 e. The fraction of sp³-hybridized carbons (Fsp3) is 0.0667. The quantitative estimate of drug-likeness (QED) is 0.516. The average molecular weight is 341 g/mol. The van der Waals surface area contributed by atoms with Crippen LogP contribution in [0.4, 0.5) is 0 Å². The maximum Gasteiger partial charge on any atom is 0.237 e. The van der Waals surface area contributed by atoms with Crippen LogP contribution >= 0.6 is 23.1 Å². The number of thiophene rings is 1. The van der Waals surface area contributed by atoms with Crippen molar-refractivity contribution >= 4 is 23.1 Å². The second-order valence-electron chi connectivity index (χ2n) is 4.58. The zero-order valence-corrected chi connectivity index (χ0v) is 13.5. The van der Waals surface area contributed by atoms with E-state index < -0.39 is 0 Å². The van der Waals surface area contributed by atoms with Crippen LogP contribution < -0.4 is 0 Å². The molecule has 0 bridgehead atoms. The Morgan fingerprint density at radius 3 is 2.87 bits per heavy atom. The minimum absolute atomic E-state index is 0.539. The van der Waals surface area contributed by atoms with E-state index in [1.54, 1.807) is 22.3 Å².